The van der Waals surface area contributed by atoms with Crippen LogP contribution in [-0.4, -0.2) is 20.2 Å². The summed E-state index contributed by atoms with van der Waals surface area (Å²) in [4.78, 5) is 0. The number of hydrogen-bond donors (Lipinski definition) is 1. The molecule has 1 fully saturated rings. The quantitative estimate of drug-likeness (QED) is 0.840. The highest BCUT2D eigenvalue weighted by Crippen LogP contribution is 2.29. The Bertz CT molecular complexity index is 320. The maximum atomic E-state index is 5.17. The van der Waals surface area contributed by atoms with E-state index in [9.17, 15) is 0 Å². The molecule has 0 aromatic heterocycles. The highest BCUT2D eigenvalue weighted by atomic mass is 16.5. The van der Waals surface area contributed by atoms with Crippen molar-refractivity contribution >= 4 is 0 Å². The highest BCUT2D eigenvalue weighted by molar-refractivity contribution is 5.27. The molecule has 88 valence electrons. The molecule has 0 saturated heterocycles. The van der Waals surface area contributed by atoms with Crippen LogP contribution in [0.25, 0.3) is 0 Å². The van der Waals surface area contributed by atoms with Gasteiger partial charge in [-0.2, -0.15) is 0 Å². The average Bonchev–Trinajstić information content (AvgIpc) is 2.77. The molecular formula is C14H21NO. The lowest BCUT2D eigenvalue weighted by molar-refractivity contribution is 0.412. The van der Waals surface area contributed by atoms with Crippen molar-refractivity contribution in [3.05, 3.63) is 29.8 Å². The summed E-state index contributed by atoms with van der Waals surface area (Å²) in [5, 5.41) is 3.43. The van der Waals surface area contributed by atoms with Gasteiger partial charge in [-0.05, 0) is 49.9 Å². The van der Waals surface area contributed by atoms with E-state index in [0.717, 1.165) is 11.7 Å². The number of nitrogens with one attached hydrogen (secondary N) is 1. The molecule has 1 aromatic rings. The van der Waals surface area contributed by atoms with Crippen molar-refractivity contribution in [1.82, 2.24) is 5.32 Å². The highest BCUT2D eigenvalue weighted by Gasteiger charge is 2.25. The lowest BCUT2D eigenvalue weighted by atomic mass is 9.95. The van der Waals surface area contributed by atoms with Crippen LogP contribution in [0.15, 0.2) is 24.3 Å². The van der Waals surface area contributed by atoms with E-state index in [-0.39, 0.29) is 0 Å². The van der Waals surface area contributed by atoms with Crippen LogP contribution in [0.2, 0.25) is 0 Å². The Morgan fingerprint density at radius 3 is 2.62 bits per heavy atom. The molecule has 2 unspecified atom stereocenters. The predicted molar refractivity (Wildman–Crippen MR) is 66.9 cm³/mol. The summed E-state index contributed by atoms with van der Waals surface area (Å²) in [6, 6.07) is 9.19. The van der Waals surface area contributed by atoms with Gasteiger partial charge in [0.2, 0.25) is 0 Å². The minimum atomic E-state index is 0.710. The third kappa shape index (κ3) is 2.56. The first kappa shape index (κ1) is 11.5. The van der Waals surface area contributed by atoms with Crippen LogP contribution in [0, 0.1) is 5.92 Å². The molecule has 2 rings (SSSR count). The van der Waals surface area contributed by atoms with Crippen molar-refractivity contribution in [2.75, 3.05) is 14.2 Å². The molecule has 0 bridgehead atoms. The number of hydrogen-bond acceptors (Lipinski definition) is 2. The molecule has 0 amide bonds. The van der Waals surface area contributed by atoms with Crippen LogP contribution in [0.3, 0.4) is 0 Å². The molecule has 0 spiro atoms. The minimum absolute atomic E-state index is 0.710. The second-order valence-corrected chi connectivity index (χ2v) is 4.64. The Morgan fingerprint density at radius 2 is 2.00 bits per heavy atom. The molecule has 16 heavy (non-hydrogen) atoms. The summed E-state index contributed by atoms with van der Waals surface area (Å²) in [5.74, 6) is 1.75. The van der Waals surface area contributed by atoms with Gasteiger partial charge in [0.25, 0.3) is 0 Å². The molecule has 0 heterocycles. The van der Waals surface area contributed by atoms with E-state index in [2.05, 4.69) is 36.6 Å². The Kier molecular flexibility index (Phi) is 3.83. The monoisotopic (exact) mass is 219 g/mol. The molecule has 2 atom stereocenters. The van der Waals surface area contributed by atoms with Crippen molar-refractivity contribution < 1.29 is 4.74 Å². The first-order chi connectivity index (χ1) is 7.83. The fourth-order valence-electron chi connectivity index (χ4n) is 2.73. The van der Waals surface area contributed by atoms with Crippen LogP contribution < -0.4 is 10.1 Å². The smallest absolute Gasteiger partial charge is 0.118 e. The molecule has 1 N–H and O–H groups in total. The summed E-state index contributed by atoms with van der Waals surface area (Å²) in [5.41, 5.74) is 1.42. The predicted octanol–water partition coefficient (Wildman–Crippen LogP) is 2.63. The largest absolute Gasteiger partial charge is 0.497 e. The topological polar surface area (TPSA) is 21.3 Å². The molecule has 2 nitrogen and oxygen atoms in total. The second-order valence-electron chi connectivity index (χ2n) is 4.64. The average molecular weight is 219 g/mol. The summed E-state index contributed by atoms with van der Waals surface area (Å²) >= 11 is 0. The maximum Gasteiger partial charge on any atom is 0.118 e. The van der Waals surface area contributed by atoms with Crippen molar-refractivity contribution in [3.63, 3.8) is 0 Å². The van der Waals surface area contributed by atoms with Gasteiger partial charge in [-0.1, -0.05) is 18.6 Å². The van der Waals surface area contributed by atoms with E-state index in [4.69, 9.17) is 4.74 Å². The van der Waals surface area contributed by atoms with E-state index in [1.165, 1.54) is 31.2 Å². The normalized spacial score (nSPS) is 24.6. The zero-order valence-corrected chi connectivity index (χ0v) is 10.2. The molecule has 1 aliphatic carbocycles. The van der Waals surface area contributed by atoms with Crippen molar-refractivity contribution in [1.29, 1.82) is 0 Å². The first-order valence-corrected chi connectivity index (χ1v) is 6.13. The van der Waals surface area contributed by atoms with Gasteiger partial charge in [0.1, 0.15) is 5.75 Å². The fraction of sp³-hybridized carbons (Fsp3) is 0.571. The maximum absolute atomic E-state index is 5.17. The van der Waals surface area contributed by atoms with Gasteiger partial charge in [-0.25, -0.2) is 0 Å². The molecule has 2 heteroatoms. The Morgan fingerprint density at radius 1 is 1.25 bits per heavy atom. The van der Waals surface area contributed by atoms with Crippen molar-refractivity contribution in [2.24, 2.45) is 5.92 Å². The van der Waals surface area contributed by atoms with E-state index < -0.39 is 0 Å². The molecular weight excluding hydrogens is 198 g/mol. The molecule has 1 saturated carbocycles. The van der Waals surface area contributed by atoms with E-state index >= 15 is 0 Å². The standard InChI is InChI=1S/C14H21NO/c1-15-14-5-3-4-12(14)10-11-6-8-13(16-2)9-7-11/h6-9,12,14-15H,3-5,10H2,1-2H3. The van der Waals surface area contributed by atoms with Gasteiger partial charge >= 0.3 is 0 Å². The summed E-state index contributed by atoms with van der Waals surface area (Å²) in [6.45, 7) is 0. The number of benzene rings is 1. The van der Waals surface area contributed by atoms with Crippen molar-refractivity contribution in [2.45, 2.75) is 31.7 Å². The summed E-state index contributed by atoms with van der Waals surface area (Å²) in [7, 11) is 3.79. The zero-order valence-electron chi connectivity index (χ0n) is 10.2. The Hall–Kier alpha value is -1.02. The minimum Gasteiger partial charge on any atom is -0.497 e. The van der Waals surface area contributed by atoms with Gasteiger partial charge in [0.05, 0.1) is 7.11 Å². The molecule has 1 aromatic carbocycles. The summed E-state index contributed by atoms with van der Waals surface area (Å²) in [6.07, 6.45) is 5.25. The van der Waals surface area contributed by atoms with E-state index in [0.29, 0.717) is 6.04 Å². The van der Waals surface area contributed by atoms with Gasteiger partial charge in [0, 0.05) is 6.04 Å². The third-order valence-electron chi connectivity index (χ3n) is 3.69. The molecule has 1 aliphatic rings. The Balaban J connectivity index is 1.97. The van der Waals surface area contributed by atoms with Crippen LogP contribution in [0.1, 0.15) is 24.8 Å². The second kappa shape index (κ2) is 5.35. The SMILES string of the molecule is CNC1CCCC1Cc1ccc(OC)cc1. The van der Waals surface area contributed by atoms with Crippen LogP contribution in [0.4, 0.5) is 0 Å². The van der Waals surface area contributed by atoms with Gasteiger partial charge in [0.15, 0.2) is 0 Å². The lowest BCUT2D eigenvalue weighted by Crippen LogP contribution is -2.29. The number of rotatable bonds is 4. The third-order valence-corrected chi connectivity index (χ3v) is 3.69. The van der Waals surface area contributed by atoms with E-state index in [1.807, 2.05) is 0 Å². The van der Waals surface area contributed by atoms with Crippen LogP contribution >= 0.6 is 0 Å². The van der Waals surface area contributed by atoms with Crippen LogP contribution in [-0.2, 0) is 6.42 Å². The van der Waals surface area contributed by atoms with Gasteiger partial charge < -0.3 is 10.1 Å². The zero-order chi connectivity index (χ0) is 11.4. The van der Waals surface area contributed by atoms with Crippen LogP contribution in [0.5, 0.6) is 5.75 Å². The van der Waals surface area contributed by atoms with Crippen molar-refractivity contribution in [3.8, 4) is 5.75 Å². The summed E-state index contributed by atoms with van der Waals surface area (Å²) < 4.78 is 5.17. The fourth-order valence-corrected chi connectivity index (χ4v) is 2.73. The Labute approximate surface area is 98.0 Å². The van der Waals surface area contributed by atoms with E-state index in [1.54, 1.807) is 7.11 Å². The van der Waals surface area contributed by atoms with Gasteiger partial charge in [-0.15, -0.1) is 0 Å². The molecule has 0 radical (unpaired) electrons. The number of methoxy groups -OCH3 is 1. The first-order valence-electron chi connectivity index (χ1n) is 6.13. The molecule has 0 aliphatic heterocycles. The lowest BCUT2D eigenvalue weighted by Gasteiger charge is -2.18. The van der Waals surface area contributed by atoms with Gasteiger partial charge in [-0.3, -0.25) is 0 Å². The number of ether oxygens (including phenoxy) is 1.